The summed E-state index contributed by atoms with van der Waals surface area (Å²) in [4.78, 5) is 17.4. The molecular formula is C23H24N2O4S2. The van der Waals surface area contributed by atoms with Crippen LogP contribution >= 0.6 is 11.8 Å². The van der Waals surface area contributed by atoms with Crippen molar-refractivity contribution in [2.45, 2.75) is 29.7 Å². The molecule has 8 heteroatoms. The van der Waals surface area contributed by atoms with Crippen molar-refractivity contribution in [1.82, 2.24) is 10.3 Å². The largest absolute Gasteiger partial charge is 0.497 e. The van der Waals surface area contributed by atoms with E-state index in [9.17, 15) is 13.2 Å². The molecule has 6 nitrogen and oxygen atoms in total. The molecule has 1 saturated heterocycles. The zero-order chi connectivity index (χ0) is 22.0. The summed E-state index contributed by atoms with van der Waals surface area (Å²) < 4.78 is 28.7. The average Bonchev–Trinajstić information content (AvgIpc) is 3.11. The van der Waals surface area contributed by atoms with Crippen LogP contribution in [0.15, 0.2) is 59.6 Å². The van der Waals surface area contributed by atoms with Gasteiger partial charge in [0.05, 0.1) is 34.4 Å². The number of aromatic nitrogens is 1. The Labute approximate surface area is 186 Å². The quantitative estimate of drug-likeness (QED) is 0.570. The number of methoxy groups -OCH3 is 1. The zero-order valence-corrected chi connectivity index (χ0v) is 19.0. The van der Waals surface area contributed by atoms with E-state index in [4.69, 9.17) is 9.72 Å². The third kappa shape index (κ3) is 5.02. The van der Waals surface area contributed by atoms with Crippen LogP contribution < -0.4 is 10.1 Å². The maximum atomic E-state index is 12.7. The molecule has 1 aliphatic heterocycles. The van der Waals surface area contributed by atoms with Crippen LogP contribution in [0.1, 0.15) is 13.3 Å². The van der Waals surface area contributed by atoms with Gasteiger partial charge in [0.2, 0.25) is 5.91 Å². The number of fused-ring (bicyclic) bond motifs is 1. The normalized spacial score (nSPS) is 18.6. The Morgan fingerprint density at radius 2 is 1.97 bits per heavy atom. The molecule has 162 valence electrons. The first-order valence-corrected chi connectivity index (χ1v) is 12.8. The highest BCUT2D eigenvalue weighted by atomic mass is 32.2. The van der Waals surface area contributed by atoms with E-state index < -0.39 is 15.1 Å². The van der Waals surface area contributed by atoms with Crippen molar-refractivity contribution in [3.8, 4) is 16.9 Å². The third-order valence-corrected chi connectivity index (χ3v) is 8.11. The number of thioether (sulfide) groups is 1. The highest BCUT2D eigenvalue weighted by Crippen LogP contribution is 2.34. The smallest absolute Gasteiger partial charge is 0.233 e. The summed E-state index contributed by atoms with van der Waals surface area (Å²) in [6.45, 7) is 1.81. The first-order chi connectivity index (χ1) is 14.8. The summed E-state index contributed by atoms with van der Waals surface area (Å²) in [5.74, 6) is 0.686. The number of rotatable bonds is 6. The molecule has 0 unspecified atom stereocenters. The lowest BCUT2D eigenvalue weighted by molar-refractivity contribution is -0.120. The molecule has 1 N–H and O–H groups in total. The van der Waals surface area contributed by atoms with Gasteiger partial charge in [-0.2, -0.15) is 0 Å². The Kier molecular flexibility index (Phi) is 6.20. The van der Waals surface area contributed by atoms with E-state index in [2.05, 4.69) is 5.32 Å². The first-order valence-electron chi connectivity index (χ1n) is 10.1. The minimum absolute atomic E-state index is 0.0162. The maximum Gasteiger partial charge on any atom is 0.233 e. The van der Waals surface area contributed by atoms with Gasteiger partial charge in [-0.15, -0.1) is 0 Å². The summed E-state index contributed by atoms with van der Waals surface area (Å²) in [6, 6.07) is 17.5. The van der Waals surface area contributed by atoms with Crippen molar-refractivity contribution < 1.29 is 17.9 Å². The van der Waals surface area contributed by atoms with Crippen molar-refractivity contribution >= 4 is 38.4 Å². The van der Waals surface area contributed by atoms with Crippen molar-refractivity contribution in [2.75, 3.05) is 18.6 Å². The molecule has 0 aliphatic carbocycles. The number of amides is 1. The molecule has 2 heterocycles. The van der Waals surface area contributed by atoms with Crippen LogP contribution in [0, 0.1) is 0 Å². The van der Waals surface area contributed by atoms with Gasteiger partial charge < -0.3 is 10.1 Å². The number of carbonyl (C=O) groups is 1. The second kappa shape index (κ2) is 8.88. The van der Waals surface area contributed by atoms with Gasteiger partial charge in [0.25, 0.3) is 0 Å². The molecule has 1 fully saturated rings. The Hall–Kier alpha value is -2.58. The van der Waals surface area contributed by atoms with Gasteiger partial charge in [-0.25, -0.2) is 13.4 Å². The highest BCUT2D eigenvalue weighted by Gasteiger charge is 2.30. The fraction of sp³-hybridized carbons (Fsp3) is 0.304. The maximum absolute atomic E-state index is 12.7. The summed E-state index contributed by atoms with van der Waals surface area (Å²) >= 11 is 1.36. The molecule has 0 saturated carbocycles. The molecule has 0 bridgehead atoms. The Bertz CT molecular complexity index is 1210. The molecule has 31 heavy (non-hydrogen) atoms. The molecule has 2 atom stereocenters. The van der Waals surface area contributed by atoms with E-state index in [1.165, 1.54) is 11.8 Å². The van der Waals surface area contributed by atoms with E-state index in [-0.39, 0.29) is 23.5 Å². The Morgan fingerprint density at radius 3 is 2.65 bits per heavy atom. The monoisotopic (exact) mass is 456 g/mol. The summed E-state index contributed by atoms with van der Waals surface area (Å²) in [5.41, 5.74) is 2.89. The fourth-order valence-corrected chi connectivity index (χ4v) is 6.24. The molecule has 4 rings (SSSR count). The SMILES string of the molecule is COc1ccc2c(-c3ccccc3)cc(S[C@H](C)C(=O)N[C@H]3CCS(=O)(=O)C3)nc2c1. The average molecular weight is 457 g/mol. The lowest BCUT2D eigenvalue weighted by Gasteiger charge is -2.16. The van der Waals surface area contributed by atoms with Crippen LogP contribution in [-0.2, 0) is 14.6 Å². The molecule has 1 aliphatic rings. The van der Waals surface area contributed by atoms with Crippen molar-refractivity contribution in [3.63, 3.8) is 0 Å². The van der Waals surface area contributed by atoms with Gasteiger partial charge >= 0.3 is 0 Å². The van der Waals surface area contributed by atoms with Crippen molar-refractivity contribution in [1.29, 1.82) is 0 Å². The lowest BCUT2D eigenvalue weighted by atomic mass is 10.0. The Morgan fingerprint density at radius 1 is 1.19 bits per heavy atom. The molecule has 0 spiro atoms. The predicted molar refractivity (Wildman–Crippen MR) is 124 cm³/mol. The van der Waals surface area contributed by atoms with Crippen LogP contribution in [0.4, 0.5) is 0 Å². The lowest BCUT2D eigenvalue weighted by Crippen LogP contribution is -2.39. The van der Waals surface area contributed by atoms with Crippen LogP contribution in [-0.4, -0.2) is 49.2 Å². The second-order valence-electron chi connectivity index (χ2n) is 7.63. The number of benzene rings is 2. The van der Waals surface area contributed by atoms with Gasteiger partial charge in [-0.05, 0) is 42.7 Å². The number of hydrogen-bond acceptors (Lipinski definition) is 6. The number of ether oxygens (including phenoxy) is 1. The van der Waals surface area contributed by atoms with Gasteiger partial charge in [0, 0.05) is 17.5 Å². The molecular weight excluding hydrogens is 432 g/mol. The van der Waals surface area contributed by atoms with Crippen molar-refractivity contribution in [2.24, 2.45) is 0 Å². The molecule has 3 aromatic rings. The minimum atomic E-state index is -3.04. The van der Waals surface area contributed by atoms with Gasteiger partial charge in [0.1, 0.15) is 5.75 Å². The van der Waals surface area contributed by atoms with Crippen LogP contribution in [0.25, 0.3) is 22.0 Å². The van der Waals surface area contributed by atoms with Crippen LogP contribution in [0.2, 0.25) is 0 Å². The van der Waals surface area contributed by atoms with E-state index in [1.807, 2.05) is 61.5 Å². The summed E-state index contributed by atoms with van der Waals surface area (Å²) in [5, 5.41) is 4.18. The number of hydrogen-bond donors (Lipinski definition) is 1. The number of sulfone groups is 1. The standard InChI is InChI=1S/C23H24N2O4S2/c1-15(23(26)24-17-10-11-31(27,28)14-17)30-22-13-20(16-6-4-3-5-7-16)19-9-8-18(29-2)12-21(19)25-22/h3-9,12-13,15,17H,10-11,14H2,1-2H3,(H,24,26)/t15-,17+/m1/s1. The van der Waals surface area contributed by atoms with Crippen molar-refractivity contribution in [3.05, 3.63) is 54.6 Å². The fourth-order valence-electron chi connectivity index (χ4n) is 3.69. The molecule has 1 aromatic heterocycles. The summed E-state index contributed by atoms with van der Waals surface area (Å²) in [6.07, 6.45) is 0.470. The van der Waals surface area contributed by atoms with E-state index in [0.717, 1.165) is 32.8 Å². The summed E-state index contributed by atoms with van der Waals surface area (Å²) in [7, 11) is -1.42. The zero-order valence-electron chi connectivity index (χ0n) is 17.4. The van der Waals surface area contributed by atoms with E-state index >= 15 is 0 Å². The molecule has 1 amide bonds. The highest BCUT2D eigenvalue weighted by molar-refractivity contribution is 8.00. The molecule has 2 aromatic carbocycles. The molecule has 0 radical (unpaired) electrons. The van der Waals surface area contributed by atoms with Gasteiger partial charge in [-0.1, -0.05) is 42.1 Å². The predicted octanol–water partition coefficient (Wildman–Crippen LogP) is 3.69. The third-order valence-electron chi connectivity index (χ3n) is 5.32. The number of nitrogens with zero attached hydrogens (tertiary/aromatic N) is 1. The number of pyridine rings is 1. The second-order valence-corrected chi connectivity index (χ2v) is 11.2. The Balaban J connectivity index is 1.61. The minimum Gasteiger partial charge on any atom is -0.497 e. The van der Waals surface area contributed by atoms with Crippen LogP contribution in [0.5, 0.6) is 5.75 Å². The number of nitrogens with one attached hydrogen (secondary N) is 1. The van der Waals surface area contributed by atoms with Gasteiger partial charge in [-0.3, -0.25) is 4.79 Å². The van der Waals surface area contributed by atoms with Gasteiger partial charge in [0.15, 0.2) is 9.84 Å². The topological polar surface area (TPSA) is 85.4 Å². The number of carbonyl (C=O) groups excluding carboxylic acids is 1. The first kappa shape index (κ1) is 21.6. The van der Waals surface area contributed by atoms with E-state index in [1.54, 1.807) is 7.11 Å². The van der Waals surface area contributed by atoms with E-state index in [0.29, 0.717) is 6.42 Å². The van der Waals surface area contributed by atoms with Crippen LogP contribution in [0.3, 0.4) is 0 Å².